The number of hydrogen-bond acceptors (Lipinski definition) is 3. The van der Waals surface area contributed by atoms with Gasteiger partial charge in [-0.15, -0.1) is 0 Å². The first kappa shape index (κ1) is 18.4. The van der Waals surface area contributed by atoms with E-state index in [2.05, 4.69) is 23.8 Å². The Bertz CT molecular complexity index is 225. The lowest BCUT2D eigenvalue weighted by Crippen LogP contribution is -2.48. The van der Waals surface area contributed by atoms with E-state index < -0.39 is 0 Å². The molecule has 0 saturated carbocycles. The Morgan fingerprint density at radius 3 is 2.16 bits per heavy atom. The molecule has 4 nitrogen and oxygen atoms in total. The summed E-state index contributed by atoms with van der Waals surface area (Å²) >= 11 is 0. The van der Waals surface area contributed by atoms with Crippen LogP contribution in [0.15, 0.2) is 0 Å². The molecule has 0 atom stereocenters. The van der Waals surface area contributed by atoms with Crippen LogP contribution in [-0.4, -0.2) is 73.5 Å². The smallest absolute Gasteiger partial charge is 0.219 e. The fraction of sp³-hybridized carbons (Fsp3) is 0.933. The van der Waals surface area contributed by atoms with Crippen LogP contribution < -0.4 is 0 Å². The van der Waals surface area contributed by atoms with Gasteiger partial charge in [0.2, 0.25) is 5.91 Å². The normalized spacial score (nSPS) is 16.2. The summed E-state index contributed by atoms with van der Waals surface area (Å²) in [4.78, 5) is 18.0. The Morgan fingerprint density at radius 1 is 1.11 bits per heavy atom. The first-order valence-corrected chi connectivity index (χ1v) is 7.80. The lowest BCUT2D eigenvalue weighted by Gasteiger charge is -2.34. The molecule has 0 aliphatic carbocycles. The van der Waals surface area contributed by atoms with Gasteiger partial charge in [-0.3, -0.25) is 9.69 Å². The van der Waals surface area contributed by atoms with Crippen molar-refractivity contribution in [1.82, 2.24) is 14.7 Å². The van der Waals surface area contributed by atoms with E-state index >= 15 is 0 Å². The third-order valence-corrected chi connectivity index (χ3v) is 3.44. The molecule has 1 saturated heterocycles. The molecular formula is C15H33N3O. The van der Waals surface area contributed by atoms with Gasteiger partial charge in [-0.25, -0.2) is 0 Å². The van der Waals surface area contributed by atoms with E-state index in [1.54, 1.807) is 6.92 Å². The fourth-order valence-electron chi connectivity index (χ4n) is 2.34. The van der Waals surface area contributed by atoms with Crippen molar-refractivity contribution in [1.29, 1.82) is 0 Å². The van der Waals surface area contributed by atoms with Crippen LogP contribution in [0.4, 0.5) is 0 Å². The molecule has 1 fully saturated rings. The van der Waals surface area contributed by atoms with Crippen LogP contribution >= 0.6 is 0 Å². The van der Waals surface area contributed by atoms with Crippen LogP contribution in [0.2, 0.25) is 0 Å². The average molecular weight is 271 g/mol. The minimum absolute atomic E-state index is 0.215. The van der Waals surface area contributed by atoms with Gasteiger partial charge in [-0.05, 0) is 39.5 Å². The third kappa shape index (κ3) is 8.22. The summed E-state index contributed by atoms with van der Waals surface area (Å²) in [5, 5.41) is 0. The van der Waals surface area contributed by atoms with Crippen molar-refractivity contribution in [2.45, 2.75) is 40.5 Å². The van der Waals surface area contributed by atoms with Gasteiger partial charge in [-0.1, -0.05) is 20.8 Å². The van der Waals surface area contributed by atoms with Gasteiger partial charge in [-0.2, -0.15) is 0 Å². The number of amides is 1. The molecule has 114 valence electrons. The van der Waals surface area contributed by atoms with E-state index in [9.17, 15) is 4.79 Å². The predicted octanol–water partition coefficient (Wildman–Crippen LogP) is 1.91. The first-order chi connectivity index (χ1) is 9.13. The molecule has 0 radical (unpaired) electrons. The van der Waals surface area contributed by atoms with Crippen LogP contribution in [-0.2, 0) is 4.79 Å². The minimum atomic E-state index is 0.215. The van der Waals surface area contributed by atoms with Gasteiger partial charge in [0.05, 0.1) is 0 Å². The van der Waals surface area contributed by atoms with Crippen molar-refractivity contribution in [2.24, 2.45) is 0 Å². The second-order valence-corrected chi connectivity index (χ2v) is 5.00. The number of piperazine rings is 1. The number of nitrogens with zero attached hydrogens (tertiary/aromatic N) is 3. The summed E-state index contributed by atoms with van der Waals surface area (Å²) in [6, 6.07) is 0. The Labute approximate surface area is 119 Å². The third-order valence-electron chi connectivity index (χ3n) is 3.44. The maximum Gasteiger partial charge on any atom is 0.219 e. The molecule has 0 aromatic carbocycles. The number of hydrogen-bond donors (Lipinski definition) is 0. The molecule has 1 heterocycles. The maximum absolute atomic E-state index is 11.2. The summed E-state index contributed by atoms with van der Waals surface area (Å²) in [6.07, 6.45) is 2.46. The molecule has 1 amide bonds. The van der Waals surface area contributed by atoms with Crippen molar-refractivity contribution in [2.75, 3.05) is 52.9 Å². The Morgan fingerprint density at radius 2 is 1.68 bits per heavy atom. The predicted molar refractivity (Wildman–Crippen MR) is 82.4 cm³/mol. The highest BCUT2D eigenvalue weighted by molar-refractivity contribution is 5.73. The van der Waals surface area contributed by atoms with Gasteiger partial charge >= 0.3 is 0 Å². The highest BCUT2D eigenvalue weighted by Crippen LogP contribution is 2.03. The molecule has 19 heavy (non-hydrogen) atoms. The molecule has 0 N–H and O–H groups in total. The Kier molecular flexibility index (Phi) is 10.9. The van der Waals surface area contributed by atoms with Gasteiger partial charge in [0, 0.05) is 33.1 Å². The minimum Gasteiger partial charge on any atom is -0.340 e. The van der Waals surface area contributed by atoms with E-state index in [0.717, 1.165) is 26.2 Å². The Balaban J connectivity index is 0.00000154. The quantitative estimate of drug-likeness (QED) is 0.738. The average Bonchev–Trinajstić information content (AvgIpc) is 2.42. The van der Waals surface area contributed by atoms with Crippen LogP contribution in [0.25, 0.3) is 0 Å². The van der Waals surface area contributed by atoms with Crippen LogP contribution in [0.3, 0.4) is 0 Å². The summed E-state index contributed by atoms with van der Waals surface area (Å²) in [6.45, 7) is 15.3. The molecule has 0 spiro atoms. The van der Waals surface area contributed by atoms with Gasteiger partial charge in [0.15, 0.2) is 0 Å². The van der Waals surface area contributed by atoms with Gasteiger partial charge < -0.3 is 9.80 Å². The van der Waals surface area contributed by atoms with E-state index in [1.165, 1.54) is 32.5 Å². The number of carbonyl (C=O) groups is 1. The second-order valence-electron chi connectivity index (χ2n) is 5.00. The molecule has 0 bridgehead atoms. The molecule has 0 unspecified atom stereocenters. The van der Waals surface area contributed by atoms with Crippen molar-refractivity contribution in [3.8, 4) is 0 Å². The summed E-state index contributed by atoms with van der Waals surface area (Å²) in [5.41, 5.74) is 0. The highest BCUT2D eigenvalue weighted by Gasteiger charge is 2.17. The van der Waals surface area contributed by atoms with Crippen molar-refractivity contribution >= 4 is 5.91 Å². The van der Waals surface area contributed by atoms with Gasteiger partial charge in [0.1, 0.15) is 0 Å². The monoisotopic (exact) mass is 271 g/mol. The zero-order chi connectivity index (χ0) is 14.7. The maximum atomic E-state index is 11.2. The van der Waals surface area contributed by atoms with Gasteiger partial charge in [0.25, 0.3) is 0 Å². The van der Waals surface area contributed by atoms with Crippen molar-refractivity contribution in [3.05, 3.63) is 0 Å². The molecule has 4 heteroatoms. The largest absolute Gasteiger partial charge is 0.340 e. The molecule has 0 aromatic heterocycles. The second kappa shape index (κ2) is 11.2. The number of carbonyl (C=O) groups excluding carboxylic acids is 1. The molecule has 1 rings (SSSR count). The van der Waals surface area contributed by atoms with Crippen LogP contribution in [0.5, 0.6) is 0 Å². The zero-order valence-corrected chi connectivity index (χ0v) is 13.6. The Hall–Kier alpha value is -0.610. The number of rotatable bonds is 6. The van der Waals surface area contributed by atoms with Crippen molar-refractivity contribution < 1.29 is 4.79 Å². The van der Waals surface area contributed by atoms with Crippen LogP contribution in [0.1, 0.15) is 40.5 Å². The molecule has 1 aliphatic heterocycles. The summed E-state index contributed by atoms with van der Waals surface area (Å²) < 4.78 is 0. The molecule has 1 aliphatic rings. The molecule has 0 aromatic rings. The lowest BCUT2D eigenvalue weighted by atomic mass is 10.2. The van der Waals surface area contributed by atoms with E-state index in [4.69, 9.17) is 0 Å². The SMILES string of the molecule is CC.CCCN(C)CCCN1CCN(C(C)=O)CC1. The highest BCUT2D eigenvalue weighted by atomic mass is 16.2. The summed E-state index contributed by atoms with van der Waals surface area (Å²) in [7, 11) is 2.19. The van der Waals surface area contributed by atoms with E-state index in [-0.39, 0.29) is 5.91 Å². The van der Waals surface area contributed by atoms with Crippen molar-refractivity contribution in [3.63, 3.8) is 0 Å². The molecular weight excluding hydrogens is 238 g/mol. The van der Waals surface area contributed by atoms with Crippen LogP contribution in [0, 0.1) is 0 Å². The fourth-order valence-corrected chi connectivity index (χ4v) is 2.34. The standard InChI is InChI=1S/C13H27N3O.C2H6/c1-4-6-14(3)7-5-8-15-9-11-16(12-10-15)13(2)17;1-2/h4-12H2,1-3H3;1-2H3. The first-order valence-electron chi connectivity index (χ1n) is 7.80. The zero-order valence-electron chi connectivity index (χ0n) is 13.6. The lowest BCUT2D eigenvalue weighted by molar-refractivity contribution is -0.130. The van der Waals surface area contributed by atoms with E-state index in [0.29, 0.717) is 0 Å². The topological polar surface area (TPSA) is 26.8 Å². The van der Waals surface area contributed by atoms with E-state index in [1.807, 2.05) is 18.7 Å². The summed E-state index contributed by atoms with van der Waals surface area (Å²) in [5.74, 6) is 0.215.